The van der Waals surface area contributed by atoms with Gasteiger partial charge in [0.05, 0.1) is 13.2 Å². The number of benzene rings is 2. The molecule has 1 aliphatic heterocycles. The maximum absolute atomic E-state index is 13.3. The zero-order valence-electron chi connectivity index (χ0n) is 18.2. The second-order valence-corrected chi connectivity index (χ2v) is 7.69. The SMILES string of the molecule is C=C1C(=O)N(CCCC)C(c2ccc(O)c(OC)c2)/C1=C(\c1ccccc1)N(C)C. The van der Waals surface area contributed by atoms with Gasteiger partial charge in [-0.25, -0.2) is 0 Å². The maximum Gasteiger partial charge on any atom is 0.254 e. The summed E-state index contributed by atoms with van der Waals surface area (Å²) in [5.74, 6) is 0.412. The Bertz CT molecular complexity index is 964. The highest BCUT2D eigenvalue weighted by molar-refractivity contribution is 6.04. The molecule has 0 spiro atoms. The van der Waals surface area contributed by atoms with Gasteiger partial charge in [-0.3, -0.25) is 4.79 Å². The van der Waals surface area contributed by atoms with Crippen LogP contribution in [0.3, 0.4) is 0 Å². The van der Waals surface area contributed by atoms with E-state index in [4.69, 9.17) is 4.74 Å². The molecule has 5 heteroatoms. The number of methoxy groups -OCH3 is 1. The zero-order chi connectivity index (χ0) is 21.8. The lowest BCUT2D eigenvalue weighted by atomic mass is 9.92. The first-order valence-electron chi connectivity index (χ1n) is 10.2. The predicted octanol–water partition coefficient (Wildman–Crippen LogP) is 4.61. The standard InChI is InChI=1S/C25H30N2O3/c1-6-7-15-27-24(19-13-14-20(28)21(16-19)30-5)22(17(2)25(27)29)23(26(3)4)18-11-9-8-10-12-18/h8-14,16,24,28H,2,6-7,15H2,1,3-5H3/b23-22+. The number of amides is 1. The molecule has 3 rings (SSSR count). The highest BCUT2D eigenvalue weighted by Crippen LogP contribution is 2.46. The lowest BCUT2D eigenvalue weighted by molar-refractivity contribution is -0.126. The molecule has 1 aliphatic rings. The van der Waals surface area contributed by atoms with Crippen molar-refractivity contribution in [1.29, 1.82) is 0 Å². The molecule has 2 aromatic rings. The van der Waals surface area contributed by atoms with Gasteiger partial charge in [0.2, 0.25) is 0 Å². The molecule has 0 bridgehead atoms. The van der Waals surface area contributed by atoms with Crippen molar-refractivity contribution in [1.82, 2.24) is 9.80 Å². The van der Waals surface area contributed by atoms with Gasteiger partial charge in [0.1, 0.15) is 0 Å². The number of unbranched alkanes of at least 4 members (excludes halogenated alkanes) is 1. The van der Waals surface area contributed by atoms with E-state index >= 15 is 0 Å². The monoisotopic (exact) mass is 406 g/mol. The lowest BCUT2D eigenvalue weighted by Gasteiger charge is -2.29. The maximum atomic E-state index is 13.3. The molecule has 1 atom stereocenters. The number of aromatic hydroxyl groups is 1. The van der Waals surface area contributed by atoms with Crippen LogP contribution in [0.2, 0.25) is 0 Å². The summed E-state index contributed by atoms with van der Waals surface area (Å²) in [6.45, 7) is 6.93. The molecule has 1 unspecified atom stereocenters. The molecule has 158 valence electrons. The van der Waals surface area contributed by atoms with Gasteiger partial charge in [0.15, 0.2) is 11.5 Å². The molecule has 0 aliphatic carbocycles. The van der Waals surface area contributed by atoms with E-state index < -0.39 is 0 Å². The van der Waals surface area contributed by atoms with Crippen molar-refractivity contribution in [2.24, 2.45) is 0 Å². The molecule has 1 saturated heterocycles. The van der Waals surface area contributed by atoms with Crippen molar-refractivity contribution >= 4 is 11.6 Å². The van der Waals surface area contributed by atoms with Crippen molar-refractivity contribution in [3.63, 3.8) is 0 Å². The highest BCUT2D eigenvalue weighted by atomic mass is 16.5. The molecule has 5 nitrogen and oxygen atoms in total. The van der Waals surface area contributed by atoms with Crippen LogP contribution >= 0.6 is 0 Å². The van der Waals surface area contributed by atoms with E-state index in [1.165, 1.54) is 7.11 Å². The lowest BCUT2D eigenvalue weighted by Crippen LogP contribution is -2.29. The largest absolute Gasteiger partial charge is 0.504 e. The number of carbonyl (C=O) groups is 1. The first kappa shape index (κ1) is 21.5. The van der Waals surface area contributed by atoms with E-state index in [0.717, 1.165) is 35.2 Å². The fourth-order valence-corrected chi connectivity index (χ4v) is 4.02. The first-order chi connectivity index (χ1) is 14.4. The number of ether oxygens (including phenoxy) is 1. The molecular formula is C25H30N2O3. The molecule has 1 fully saturated rings. The quantitative estimate of drug-likeness (QED) is 0.682. The summed E-state index contributed by atoms with van der Waals surface area (Å²) in [7, 11) is 5.49. The van der Waals surface area contributed by atoms with Crippen LogP contribution in [-0.2, 0) is 4.79 Å². The van der Waals surface area contributed by atoms with Gasteiger partial charge in [0, 0.05) is 37.5 Å². The predicted molar refractivity (Wildman–Crippen MR) is 120 cm³/mol. The topological polar surface area (TPSA) is 53.0 Å². The summed E-state index contributed by atoms with van der Waals surface area (Å²) in [6.07, 6.45) is 1.89. The van der Waals surface area contributed by atoms with Crippen LogP contribution in [-0.4, -0.2) is 48.6 Å². The molecule has 1 heterocycles. The fraction of sp³-hybridized carbons (Fsp3) is 0.320. The molecule has 1 amide bonds. The van der Waals surface area contributed by atoms with Crippen molar-refractivity contribution in [3.8, 4) is 11.5 Å². The molecule has 30 heavy (non-hydrogen) atoms. The summed E-state index contributed by atoms with van der Waals surface area (Å²) in [5.41, 5.74) is 4.28. The van der Waals surface area contributed by atoms with Crippen molar-refractivity contribution in [2.75, 3.05) is 27.7 Å². The Balaban J connectivity index is 2.27. The molecule has 0 radical (unpaired) electrons. The van der Waals surface area contributed by atoms with Gasteiger partial charge in [-0.1, -0.05) is 56.3 Å². The van der Waals surface area contributed by atoms with E-state index in [2.05, 4.69) is 13.5 Å². The van der Waals surface area contributed by atoms with Gasteiger partial charge in [-0.15, -0.1) is 0 Å². The summed E-state index contributed by atoms with van der Waals surface area (Å²) in [6, 6.07) is 15.0. The number of nitrogens with zero attached hydrogens (tertiary/aromatic N) is 2. The average molecular weight is 407 g/mol. The minimum atomic E-state index is -0.302. The Morgan fingerprint density at radius 2 is 1.90 bits per heavy atom. The first-order valence-corrected chi connectivity index (χ1v) is 10.2. The van der Waals surface area contributed by atoms with E-state index in [1.807, 2.05) is 66.4 Å². The third-order valence-electron chi connectivity index (χ3n) is 5.45. The normalized spacial score (nSPS) is 18.0. The van der Waals surface area contributed by atoms with E-state index in [1.54, 1.807) is 6.07 Å². The average Bonchev–Trinajstić information content (AvgIpc) is 2.98. The summed E-state index contributed by atoms with van der Waals surface area (Å²) >= 11 is 0. The van der Waals surface area contributed by atoms with Crippen molar-refractivity contribution in [2.45, 2.75) is 25.8 Å². The second kappa shape index (κ2) is 9.08. The third-order valence-corrected chi connectivity index (χ3v) is 5.45. The van der Waals surface area contributed by atoms with Gasteiger partial charge < -0.3 is 19.6 Å². The number of hydrogen-bond acceptors (Lipinski definition) is 4. The number of phenolic OH excluding ortho intramolecular Hbond substituents is 1. The molecular weight excluding hydrogens is 376 g/mol. The van der Waals surface area contributed by atoms with E-state index in [9.17, 15) is 9.90 Å². The van der Waals surface area contributed by atoms with Gasteiger partial charge in [-0.05, 0) is 29.7 Å². The smallest absolute Gasteiger partial charge is 0.254 e. The fourth-order valence-electron chi connectivity index (χ4n) is 4.02. The number of rotatable bonds is 7. The number of phenols is 1. The summed E-state index contributed by atoms with van der Waals surface area (Å²) in [4.78, 5) is 17.2. The van der Waals surface area contributed by atoms with Crippen LogP contribution in [0.25, 0.3) is 5.70 Å². The minimum Gasteiger partial charge on any atom is -0.504 e. The summed E-state index contributed by atoms with van der Waals surface area (Å²) in [5, 5.41) is 10.1. The highest BCUT2D eigenvalue weighted by Gasteiger charge is 2.41. The Hall–Kier alpha value is -3.21. The molecule has 0 aromatic heterocycles. The minimum absolute atomic E-state index is 0.0502. The van der Waals surface area contributed by atoms with Crippen LogP contribution in [0.5, 0.6) is 11.5 Å². The molecule has 0 saturated carbocycles. The van der Waals surface area contributed by atoms with E-state index in [0.29, 0.717) is 17.9 Å². The van der Waals surface area contributed by atoms with Gasteiger partial charge in [-0.2, -0.15) is 0 Å². The van der Waals surface area contributed by atoms with Gasteiger partial charge in [0.25, 0.3) is 5.91 Å². The Morgan fingerprint density at radius 1 is 1.20 bits per heavy atom. The van der Waals surface area contributed by atoms with Crippen molar-refractivity contribution < 1.29 is 14.6 Å². The van der Waals surface area contributed by atoms with Crippen LogP contribution < -0.4 is 4.74 Å². The van der Waals surface area contributed by atoms with Crippen LogP contribution in [0, 0.1) is 0 Å². The van der Waals surface area contributed by atoms with Crippen LogP contribution in [0.15, 0.2) is 66.3 Å². The third kappa shape index (κ3) is 3.92. The number of hydrogen-bond donors (Lipinski definition) is 1. The molecule has 1 N–H and O–H groups in total. The Kier molecular flexibility index (Phi) is 6.50. The second-order valence-electron chi connectivity index (χ2n) is 7.69. The number of carbonyl (C=O) groups excluding carboxylic acids is 1. The summed E-state index contributed by atoms with van der Waals surface area (Å²) < 4.78 is 5.34. The van der Waals surface area contributed by atoms with Gasteiger partial charge >= 0.3 is 0 Å². The number of likely N-dealkylation sites (tertiary alicyclic amines) is 1. The zero-order valence-corrected chi connectivity index (χ0v) is 18.2. The van der Waals surface area contributed by atoms with E-state index in [-0.39, 0.29) is 17.7 Å². The Morgan fingerprint density at radius 3 is 2.50 bits per heavy atom. The molecule has 2 aromatic carbocycles. The van der Waals surface area contributed by atoms with Crippen LogP contribution in [0.4, 0.5) is 0 Å². The van der Waals surface area contributed by atoms with Crippen LogP contribution in [0.1, 0.15) is 36.9 Å². The van der Waals surface area contributed by atoms with Crippen molar-refractivity contribution in [3.05, 3.63) is 77.4 Å². The Labute approximate surface area is 178 Å².